The number of rotatable bonds is 4. The molecule has 3 nitrogen and oxygen atoms in total. The molecule has 2 rings (SSSR count). The van der Waals surface area contributed by atoms with Crippen molar-refractivity contribution in [3.05, 3.63) is 0 Å². The molecular weight excluding hydrogens is 284 g/mol. The van der Waals surface area contributed by atoms with Gasteiger partial charge < -0.3 is 10.6 Å². The van der Waals surface area contributed by atoms with Crippen molar-refractivity contribution < 1.29 is 4.79 Å². The molecule has 4 atom stereocenters. The molecular formula is C17H33ClN2O. The van der Waals surface area contributed by atoms with Gasteiger partial charge in [0.05, 0.1) is 0 Å². The number of piperidine rings is 1. The Morgan fingerprint density at radius 2 is 1.86 bits per heavy atom. The fourth-order valence-corrected chi connectivity index (χ4v) is 3.92. The molecule has 1 saturated carbocycles. The van der Waals surface area contributed by atoms with Gasteiger partial charge in [-0.2, -0.15) is 0 Å². The van der Waals surface area contributed by atoms with Gasteiger partial charge in [-0.15, -0.1) is 12.4 Å². The lowest BCUT2D eigenvalue weighted by atomic mass is 9.78. The van der Waals surface area contributed by atoms with E-state index in [0.717, 1.165) is 24.9 Å². The molecule has 4 unspecified atom stereocenters. The second-order valence-corrected chi connectivity index (χ2v) is 7.21. The second-order valence-electron chi connectivity index (χ2n) is 7.21. The maximum atomic E-state index is 12.3. The number of halogens is 1. The van der Waals surface area contributed by atoms with Crippen molar-refractivity contribution in [1.82, 2.24) is 10.6 Å². The van der Waals surface area contributed by atoms with Crippen LogP contribution in [0.1, 0.15) is 59.3 Å². The summed E-state index contributed by atoms with van der Waals surface area (Å²) in [5, 5.41) is 6.71. The summed E-state index contributed by atoms with van der Waals surface area (Å²) < 4.78 is 0. The summed E-state index contributed by atoms with van der Waals surface area (Å²) in [7, 11) is 0. The van der Waals surface area contributed by atoms with Crippen LogP contribution in [0.5, 0.6) is 0 Å². The zero-order chi connectivity index (χ0) is 14.5. The fraction of sp³-hybridized carbons (Fsp3) is 0.941. The van der Waals surface area contributed by atoms with Crippen LogP contribution < -0.4 is 10.6 Å². The Bertz CT molecular complexity index is 318. The van der Waals surface area contributed by atoms with Crippen molar-refractivity contribution in [3.63, 3.8) is 0 Å². The van der Waals surface area contributed by atoms with E-state index < -0.39 is 0 Å². The Hall–Kier alpha value is -0.280. The van der Waals surface area contributed by atoms with Crippen LogP contribution in [-0.2, 0) is 4.79 Å². The lowest BCUT2D eigenvalue weighted by Crippen LogP contribution is -2.44. The molecule has 0 aromatic heterocycles. The third-order valence-corrected chi connectivity index (χ3v) is 5.75. The molecule has 2 aliphatic rings. The van der Waals surface area contributed by atoms with Crippen molar-refractivity contribution in [2.45, 2.75) is 65.3 Å². The highest BCUT2D eigenvalue weighted by Crippen LogP contribution is 2.30. The Morgan fingerprint density at radius 3 is 2.52 bits per heavy atom. The standard InChI is InChI=1S/C17H32N2O.ClH/c1-12-5-4-6-16(14(12)3)19-17(20)11-13(2)15-7-9-18-10-8-15;/h12-16,18H,4-11H2,1-3H3,(H,19,20);1H. The van der Waals surface area contributed by atoms with Crippen molar-refractivity contribution in [2.75, 3.05) is 13.1 Å². The largest absolute Gasteiger partial charge is 0.353 e. The number of nitrogens with one attached hydrogen (secondary N) is 2. The van der Waals surface area contributed by atoms with Crippen LogP contribution >= 0.6 is 12.4 Å². The highest BCUT2D eigenvalue weighted by Gasteiger charge is 2.29. The van der Waals surface area contributed by atoms with E-state index in [4.69, 9.17) is 0 Å². The summed E-state index contributed by atoms with van der Waals surface area (Å²) >= 11 is 0. The third-order valence-electron chi connectivity index (χ3n) is 5.75. The highest BCUT2D eigenvalue weighted by molar-refractivity contribution is 5.85. The lowest BCUT2D eigenvalue weighted by Gasteiger charge is -2.35. The van der Waals surface area contributed by atoms with Gasteiger partial charge >= 0.3 is 0 Å². The molecule has 1 aliphatic carbocycles. The van der Waals surface area contributed by atoms with Crippen LogP contribution in [0, 0.1) is 23.7 Å². The summed E-state index contributed by atoms with van der Waals surface area (Å²) in [6.07, 6.45) is 6.91. The maximum Gasteiger partial charge on any atom is 0.220 e. The molecule has 2 fully saturated rings. The molecule has 1 heterocycles. The SMILES string of the molecule is CC(CC(=O)NC1CCCC(C)C1C)C1CCNCC1.Cl. The second kappa shape index (κ2) is 8.99. The molecule has 21 heavy (non-hydrogen) atoms. The van der Waals surface area contributed by atoms with Gasteiger partial charge in [-0.25, -0.2) is 0 Å². The average molecular weight is 317 g/mol. The quantitative estimate of drug-likeness (QED) is 0.835. The van der Waals surface area contributed by atoms with Crippen molar-refractivity contribution in [1.29, 1.82) is 0 Å². The monoisotopic (exact) mass is 316 g/mol. The average Bonchev–Trinajstić information content (AvgIpc) is 2.45. The number of hydrogen-bond donors (Lipinski definition) is 2. The van der Waals surface area contributed by atoms with E-state index in [9.17, 15) is 4.79 Å². The number of hydrogen-bond acceptors (Lipinski definition) is 2. The first-order valence-electron chi connectivity index (χ1n) is 8.58. The van der Waals surface area contributed by atoms with E-state index in [1.807, 2.05) is 0 Å². The van der Waals surface area contributed by atoms with E-state index in [2.05, 4.69) is 31.4 Å². The highest BCUT2D eigenvalue weighted by atomic mass is 35.5. The van der Waals surface area contributed by atoms with E-state index in [-0.39, 0.29) is 18.3 Å². The first-order chi connectivity index (χ1) is 9.58. The molecule has 0 bridgehead atoms. The van der Waals surface area contributed by atoms with Crippen LogP contribution in [0.3, 0.4) is 0 Å². The van der Waals surface area contributed by atoms with Crippen LogP contribution in [-0.4, -0.2) is 25.0 Å². The van der Waals surface area contributed by atoms with Gasteiger partial charge in [0.2, 0.25) is 5.91 Å². The summed E-state index contributed by atoms with van der Waals surface area (Å²) in [6, 6.07) is 0.409. The van der Waals surface area contributed by atoms with Gasteiger partial charge in [0.25, 0.3) is 0 Å². The minimum absolute atomic E-state index is 0. The summed E-state index contributed by atoms with van der Waals surface area (Å²) in [6.45, 7) is 9.11. The topological polar surface area (TPSA) is 41.1 Å². The smallest absolute Gasteiger partial charge is 0.220 e. The zero-order valence-electron chi connectivity index (χ0n) is 13.9. The molecule has 4 heteroatoms. The molecule has 0 aromatic rings. The third kappa shape index (κ3) is 5.45. The van der Waals surface area contributed by atoms with Gasteiger partial charge in [0, 0.05) is 12.5 Å². The number of amides is 1. The Balaban J connectivity index is 0.00000220. The van der Waals surface area contributed by atoms with E-state index in [1.165, 1.54) is 32.1 Å². The summed E-state index contributed by atoms with van der Waals surface area (Å²) in [4.78, 5) is 12.3. The van der Waals surface area contributed by atoms with Gasteiger partial charge in [-0.3, -0.25) is 4.79 Å². The predicted molar refractivity (Wildman–Crippen MR) is 90.7 cm³/mol. The molecule has 1 amide bonds. The lowest BCUT2D eigenvalue weighted by molar-refractivity contribution is -0.123. The summed E-state index contributed by atoms with van der Waals surface area (Å²) in [5.74, 6) is 2.90. The molecule has 0 aromatic carbocycles. The van der Waals surface area contributed by atoms with Crippen molar-refractivity contribution >= 4 is 18.3 Å². The molecule has 0 radical (unpaired) electrons. The Labute approximate surface area is 136 Å². The predicted octanol–water partition coefficient (Wildman–Crippen LogP) is 3.37. The van der Waals surface area contributed by atoms with Crippen molar-refractivity contribution in [2.24, 2.45) is 23.7 Å². The van der Waals surface area contributed by atoms with Crippen LogP contribution in [0.4, 0.5) is 0 Å². The van der Waals surface area contributed by atoms with Crippen LogP contribution in [0.2, 0.25) is 0 Å². The molecule has 2 N–H and O–H groups in total. The van der Waals surface area contributed by atoms with Gasteiger partial charge in [-0.1, -0.05) is 33.6 Å². The van der Waals surface area contributed by atoms with E-state index in [1.54, 1.807) is 0 Å². The molecule has 1 saturated heterocycles. The maximum absolute atomic E-state index is 12.3. The molecule has 1 aliphatic heterocycles. The Kier molecular flexibility index (Phi) is 8.04. The van der Waals surface area contributed by atoms with Crippen LogP contribution in [0.15, 0.2) is 0 Å². The minimum Gasteiger partial charge on any atom is -0.353 e. The zero-order valence-corrected chi connectivity index (χ0v) is 14.7. The number of carbonyl (C=O) groups is 1. The molecule has 0 spiro atoms. The number of carbonyl (C=O) groups excluding carboxylic acids is 1. The fourth-order valence-electron chi connectivity index (χ4n) is 3.92. The normalized spacial score (nSPS) is 32.0. The van der Waals surface area contributed by atoms with E-state index >= 15 is 0 Å². The van der Waals surface area contributed by atoms with E-state index in [0.29, 0.717) is 24.3 Å². The van der Waals surface area contributed by atoms with Crippen LogP contribution in [0.25, 0.3) is 0 Å². The first-order valence-corrected chi connectivity index (χ1v) is 8.58. The van der Waals surface area contributed by atoms with Crippen molar-refractivity contribution in [3.8, 4) is 0 Å². The summed E-state index contributed by atoms with van der Waals surface area (Å²) in [5.41, 5.74) is 0. The Morgan fingerprint density at radius 1 is 1.19 bits per heavy atom. The molecule has 124 valence electrons. The minimum atomic E-state index is 0. The first kappa shape index (κ1) is 18.8. The van der Waals surface area contributed by atoms with Gasteiger partial charge in [0.1, 0.15) is 0 Å². The van der Waals surface area contributed by atoms with Gasteiger partial charge in [0.15, 0.2) is 0 Å². The van der Waals surface area contributed by atoms with Gasteiger partial charge in [-0.05, 0) is 56.0 Å².